The number of amides is 1. The van der Waals surface area contributed by atoms with E-state index in [0.717, 1.165) is 11.3 Å². The van der Waals surface area contributed by atoms with Crippen molar-refractivity contribution in [1.29, 1.82) is 0 Å². The third-order valence-electron chi connectivity index (χ3n) is 3.42. The maximum atomic E-state index is 12.3. The molecule has 0 saturated heterocycles. The van der Waals surface area contributed by atoms with Gasteiger partial charge in [0.1, 0.15) is 11.6 Å². The van der Waals surface area contributed by atoms with Gasteiger partial charge in [0.05, 0.1) is 18.7 Å². The predicted molar refractivity (Wildman–Crippen MR) is 83.5 cm³/mol. The summed E-state index contributed by atoms with van der Waals surface area (Å²) >= 11 is 0. The second-order valence-electron chi connectivity index (χ2n) is 5.13. The molecule has 1 amide bonds. The molecule has 112 valence electrons. The lowest BCUT2D eigenvalue weighted by atomic mass is 10.1. The molecule has 3 heterocycles. The number of hydrogen-bond acceptors (Lipinski definition) is 3. The number of rotatable bonds is 5. The second-order valence-corrected chi connectivity index (χ2v) is 5.13. The summed E-state index contributed by atoms with van der Waals surface area (Å²) in [6.07, 6.45) is 7.42. The molecule has 3 aromatic rings. The number of furan rings is 1. The Balaban J connectivity index is 1.75. The number of carbonyl (C=O) groups excluding carboxylic acids is 1. The van der Waals surface area contributed by atoms with E-state index >= 15 is 0 Å². The normalized spacial score (nSPS) is 12.0. The van der Waals surface area contributed by atoms with Crippen LogP contribution in [0, 0.1) is 6.92 Å². The van der Waals surface area contributed by atoms with Crippen LogP contribution in [0.2, 0.25) is 0 Å². The summed E-state index contributed by atoms with van der Waals surface area (Å²) in [7, 11) is 0. The Bertz CT molecular complexity index is 699. The maximum absolute atomic E-state index is 12.3. The van der Waals surface area contributed by atoms with Gasteiger partial charge in [0.15, 0.2) is 0 Å². The van der Waals surface area contributed by atoms with Crippen LogP contribution < -0.4 is 5.32 Å². The molecule has 5 heteroatoms. The first kappa shape index (κ1) is 14.1. The first-order chi connectivity index (χ1) is 10.7. The van der Waals surface area contributed by atoms with Crippen LogP contribution in [0.5, 0.6) is 0 Å². The Morgan fingerprint density at radius 3 is 2.82 bits per heavy atom. The lowest BCUT2D eigenvalue weighted by Gasteiger charge is -2.16. The third-order valence-corrected chi connectivity index (χ3v) is 3.42. The summed E-state index contributed by atoms with van der Waals surface area (Å²) in [4.78, 5) is 16.5. The van der Waals surface area contributed by atoms with E-state index in [0.29, 0.717) is 5.82 Å². The molecule has 1 atom stereocenters. The van der Waals surface area contributed by atoms with Gasteiger partial charge in [-0.1, -0.05) is 0 Å². The number of hydrogen-bond donors (Lipinski definition) is 1. The van der Waals surface area contributed by atoms with Crippen molar-refractivity contribution in [3.8, 4) is 0 Å². The second kappa shape index (κ2) is 6.30. The number of anilines is 1. The molecule has 1 N–H and O–H groups in total. The van der Waals surface area contributed by atoms with E-state index in [1.807, 2.05) is 60.3 Å². The van der Waals surface area contributed by atoms with Crippen molar-refractivity contribution in [3.05, 3.63) is 72.6 Å². The summed E-state index contributed by atoms with van der Waals surface area (Å²) in [6, 6.07) is 11.1. The van der Waals surface area contributed by atoms with E-state index < -0.39 is 0 Å². The van der Waals surface area contributed by atoms with Crippen molar-refractivity contribution < 1.29 is 9.21 Å². The van der Waals surface area contributed by atoms with Crippen molar-refractivity contribution in [1.82, 2.24) is 9.55 Å². The van der Waals surface area contributed by atoms with Gasteiger partial charge >= 0.3 is 0 Å². The van der Waals surface area contributed by atoms with Crippen LogP contribution in [-0.4, -0.2) is 15.5 Å². The molecule has 22 heavy (non-hydrogen) atoms. The van der Waals surface area contributed by atoms with Crippen LogP contribution in [0.1, 0.15) is 23.8 Å². The van der Waals surface area contributed by atoms with Crippen LogP contribution in [0.25, 0.3) is 0 Å². The molecule has 0 unspecified atom stereocenters. The summed E-state index contributed by atoms with van der Waals surface area (Å²) in [5, 5.41) is 2.83. The molecule has 0 saturated carbocycles. The molecule has 0 radical (unpaired) electrons. The minimum Gasteiger partial charge on any atom is -0.467 e. The van der Waals surface area contributed by atoms with Crippen molar-refractivity contribution >= 4 is 11.7 Å². The smallest absolute Gasteiger partial charge is 0.228 e. The lowest BCUT2D eigenvalue weighted by molar-refractivity contribution is -0.116. The fourth-order valence-electron chi connectivity index (χ4n) is 2.36. The highest BCUT2D eigenvalue weighted by molar-refractivity contribution is 5.90. The molecule has 3 rings (SSSR count). The van der Waals surface area contributed by atoms with Gasteiger partial charge in [-0.2, -0.15) is 0 Å². The minimum atomic E-state index is -0.171. The minimum absolute atomic E-state index is 0.104. The number of nitrogens with zero attached hydrogens (tertiary/aromatic N) is 2. The van der Waals surface area contributed by atoms with Crippen molar-refractivity contribution in [3.63, 3.8) is 0 Å². The molecule has 3 aromatic heterocycles. The Labute approximate surface area is 128 Å². The van der Waals surface area contributed by atoms with E-state index in [-0.39, 0.29) is 18.4 Å². The van der Waals surface area contributed by atoms with Gasteiger partial charge in [-0.05, 0) is 48.9 Å². The van der Waals surface area contributed by atoms with Gasteiger partial charge in [-0.25, -0.2) is 4.98 Å². The summed E-state index contributed by atoms with van der Waals surface area (Å²) in [6.45, 7) is 1.96. The molecule has 0 spiro atoms. The van der Waals surface area contributed by atoms with Crippen LogP contribution >= 0.6 is 0 Å². The molecule has 0 fully saturated rings. The SMILES string of the molecule is Cc1ccnc(NC(=O)C[C@@H](c2ccco2)n2cccc2)c1. The average Bonchev–Trinajstić information content (AvgIpc) is 3.18. The van der Waals surface area contributed by atoms with E-state index in [1.54, 1.807) is 12.5 Å². The zero-order valence-corrected chi connectivity index (χ0v) is 12.3. The zero-order chi connectivity index (χ0) is 15.4. The molecule has 0 aliphatic carbocycles. The Hall–Kier alpha value is -2.82. The van der Waals surface area contributed by atoms with Gasteiger partial charge in [-0.3, -0.25) is 4.79 Å². The van der Waals surface area contributed by atoms with Crippen LogP contribution in [0.4, 0.5) is 5.82 Å². The standard InChI is InChI=1S/C17H17N3O2/c1-13-6-7-18-16(11-13)19-17(21)12-14(15-5-4-10-22-15)20-8-2-3-9-20/h2-11,14H,12H2,1H3,(H,18,19,21)/t14-/m0/s1. The highest BCUT2D eigenvalue weighted by Crippen LogP contribution is 2.23. The fraction of sp³-hybridized carbons (Fsp3) is 0.176. The quantitative estimate of drug-likeness (QED) is 0.784. The highest BCUT2D eigenvalue weighted by atomic mass is 16.3. The summed E-state index contributed by atoms with van der Waals surface area (Å²) < 4.78 is 7.43. The molecule has 0 aliphatic heterocycles. The topological polar surface area (TPSA) is 60.1 Å². The number of nitrogens with one attached hydrogen (secondary N) is 1. The Kier molecular flexibility index (Phi) is 4.05. The number of carbonyl (C=O) groups is 1. The van der Waals surface area contributed by atoms with Crippen LogP contribution in [-0.2, 0) is 4.79 Å². The van der Waals surface area contributed by atoms with Gasteiger partial charge in [0.25, 0.3) is 0 Å². The molecular weight excluding hydrogens is 278 g/mol. The highest BCUT2D eigenvalue weighted by Gasteiger charge is 2.20. The zero-order valence-electron chi connectivity index (χ0n) is 12.3. The summed E-state index contributed by atoms with van der Waals surface area (Å²) in [5.74, 6) is 1.22. The third kappa shape index (κ3) is 3.25. The molecular formula is C17H17N3O2. The molecule has 0 aromatic carbocycles. The lowest BCUT2D eigenvalue weighted by Crippen LogP contribution is -2.19. The first-order valence-electron chi connectivity index (χ1n) is 7.11. The van der Waals surface area contributed by atoms with Crippen molar-refractivity contribution in [2.24, 2.45) is 0 Å². The van der Waals surface area contributed by atoms with Crippen LogP contribution in [0.15, 0.2) is 65.7 Å². The number of aromatic nitrogens is 2. The van der Waals surface area contributed by atoms with E-state index in [1.165, 1.54) is 0 Å². The summed E-state index contributed by atoms with van der Waals surface area (Å²) in [5.41, 5.74) is 1.05. The average molecular weight is 295 g/mol. The van der Waals surface area contributed by atoms with Gasteiger partial charge < -0.3 is 14.3 Å². The number of aryl methyl sites for hydroxylation is 1. The monoisotopic (exact) mass is 295 g/mol. The van der Waals surface area contributed by atoms with E-state index in [2.05, 4.69) is 10.3 Å². The van der Waals surface area contributed by atoms with Crippen molar-refractivity contribution in [2.45, 2.75) is 19.4 Å². The molecule has 5 nitrogen and oxygen atoms in total. The maximum Gasteiger partial charge on any atom is 0.228 e. The Morgan fingerprint density at radius 1 is 1.32 bits per heavy atom. The van der Waals surface area contributed by atoms with Gasteiger partial charge in [0, 0.05) is 18.6 Å². The molecule has 0 aliphatic rings. The van der Waals surface area contributed by atoms with Gasteiger partial charge in [0.2, 0.25) is 5.91 Å². The van der Waals surface area contributed by atoms with Crippen molar-refractivity contribution in [2.75, 3.05) is 5.32 Å². The molecule has 0 bridgehead atoms. The van der Waals surface area contributed by atoms with E-state index in [9.17, 15) is 4.79 Å². The number of pyridine rings is 1. The fourth-order valence-corrected chi connectivity index (χ4v) is 2.36. The Morgan fingerprint density at radius 2 is 2.14 bits per heavy atom. The largest absolute Gasteiger partial charge is 0.467 e. The van der Waals surface area contributed by atoms with E-state index in [4.69, 9.17) is 4.42 Å². The van der Waals surface area contributed by atoms with Crippen LogP contribution in [0.3, 0.4) is 0 Å². The first-order valence-corrected chi connectivity index (χ1v) is 7.11. The van der Waals surface area contributed by atoms with Gasteiger partial charge in [-0.15, -0.1) is 0 Å². The predicted octanol–water partition coefficient (Wildman–Crippen LogP) is 3.40.